The number of aliphatic hydroxyl groups excluding tert-OH is 1. The van der Waals surface area contributed by atoms with Crippen molar-refractivity contribution in [3.63, 3.8) is 0 Å². The predicted octanol–water partition coefficient (Wildman–Crippen LogP) is 0.0579. The fourth-order valence-electron chi connectivity index (χ4n) is 2.34. The zero-order valence-electron chi connectivity index (χ0n) is 19.3. The quantitative estimate of drug-likeness (QED) is 0.104. The van der Waals surface area contributed by atoms with Gasteiger partial charge in [0.05, 0.1) is 30.7 Å². The first-order valence-corrected chi connectivity index (χ1v) is 10.1. The Hall–Kier alpha value is -3.77. The minimum atomic E-state index is -1.42. The molecule has 1 atom stereocenters. The van der Waals surface area contributed by atoms with Crippen LogP contribution in [0.4, 0.5) is 0 Å². The van der Waals surface area contributed by atoms with E-state index in [2.05, 4.69) is 26.3 Å². The zero-order valence-corrected chi connectivity index (χ0v) is 19.3. The molecule has 0 fully saturated rings. The van der Waals surface area contributed by atoms with Crippen LogP contribution in [-0.2, 0) is 52.4 Å². The summed E-state index contributed by atoms with van der Waals surface area (Å²) in [4.78, 5) is 57.1. The molecule has 35 heavy (non-hydrogen) atoms. The SMILES string of the molecule is C=CC(=O)OCC(CO)(COC=O)COCC(COC(=O)C=C)(COC(=O)C=C)COC(=O)C=C. The van der Waals surface area contributed by atoms with Crippen molar-refractivity contribution >= 4 is 30.3 Å². The van der Waals surface area contributed by atoms with Gasteiger partial charge in [-0.2, -0.15) is 0 Å². The number of aliphatic hydroxyl groups is 1. The van der Waals surface area contributed by atoms with Gasteiger partial charge in [0.2, 0.25) is 0 Å². The summed E-state index contributed by atoms with van der Waals surface area (Å²) in [6, 6.07) is 0. The van der Waals surface area contributed by atoms with E-state index in [9.17, 15) is 29.1 Å². The molecule has 0 radical (unpaired) electrons. The summed E-state index contributed by atoms with van der Waals surface area (Å²) in [5.74, 6) is -3.20. The Morgan fingerprint density at radius 2 is 0.943 bits per heavy atom. The first-order valence-electron chi connectivity index (χ1n) is 10.1. The maximum Gasteiger partial charge on any atom is 0.330 e. The van der Waals surface area contributed by atoms with Gasteiger partial charge in [0.25, 0.3) is 6.47 Å². The van der Waals surface area contributed by atoms with Crippen LogP contribution >= 0.6 is 0 Å². The van der Waals surface area contributed by atoms with Crippen molar-refractivity contribution in [1.29, 1.82) is 0 Å². The highest BCUT2D eigenvalue weighted by Gasteiger charge is 2.39. The Morgan fingerprint density at radius 3 is 1.26 bits per heavy atom. The third kappa shape index (κ3) is 12.3. The van der Waals surface area contributed by atoms with Gasteiger partial charge in [-0.3, -0.25) is 4.79 Å². The molecular formula is C23H30O12. The van der Waals surface area contributed by atoms with Gasteiger partial charge in [0.15, 0.2) is 0 Å². The van der Waals surface area contributed by atoms with Gasteiger partial charge in [0.1, 0.15) is 33.0 Å². The van der Waals surface area contributed by atoms with Crippen LogP contribution in [0.3, 0.4) is 0 Å². The molecule has 12 heteroatoms. The topological polar surface area (TPSA) is 161 Å². The molecule has 0 aromatic heterocycles. The number of carbonyl (C=O) groups is 5. The maximum atomic E-state index is 11.7. The Labute approximate surface area is 202 Å². The summed E-state index contributed by atoms with van der Waals surface area (Å²) in [5.41, 5.74) is -2.79. The van der Waals surface area contributed by atoms with Crippen molar-refractivity contribution in [2.24, 2.45) is 10.8 Å². The minimum Gasteiger partial charge on any atom is -0.467 e. The van der Waals surface area contributed by atoms with Gasteiger partial charge in [-0.15, -0.1) is 0 Å². The molecule has 0 spiro atoms. The standard InChI is InChI=1S/C23H30O12/c1-5-18(26)32-13-22(9-24,11-31-17-25)10-30-12-23(14-33-19(27)6-2,15-34-20(28)7-3)16-35-21(29)8-4/h5-8,17,24H,1-4,9-16H2. The van der Waals surface area contributed by atoms with Gasteiger partial charge in [0, 0.05) is 24.3 Å². The monoisotopic (exact) mass is 498 g/mol. The van der Waals surface area contributed by atoms with Gasteiger partial charge >= 0.3 is 23.9 Å². The lowest BCUT2D eigenvalue weighted by Crippen LogP contribution is -2.46. The van der Waals surface area contributed by atoms with Gasteiger partial charge < -0.3 is 33.5 Å². The molecule has 0 aliphatic carbocycles. The molecule has 0 aliphatic rings. The average molecular weight is 498 g/mol. The van der Waals surface area contributed by atoms with E-state index >= 15 is 0 Å². The second-order valence-electron chi connectivity index (χ2n) is 7.31. The molecule has 1 unspecified atom stereocenters. The van der Waals surface area contributed by atoms with Gasteiger partial charge in [-0.1, -0.05) is 26.3 Å². The Bertz CT molecular complexity index is 728. The molecule has 12 nitrogen and oxygen atoms in total. The van der Waals surface area contributed by atoms with Gasteiger partial charge in [-0.05, 0) is 0 Å². The predicted molar refractivity (Wildman–Crippen MR) is 119 cm³/mol. The summed E-state index contributed by atoms with van der Waals surface area (Å²) in [7, 11) is 0. The van der Waals surface area contributed by atoms with Crippen LogP contribution in [0.2, 0.25) is 0 Å². The van der Waals surface area contributed by atoms with E-state index in [1.807, 2.05) is 0 Å². The second-order valence-corrected chi connectivity index (χ2v) is 7.31. The first-order chi connectivity index (χ1) is 16.6. The summed E-state index contributed by atoms with van der Waals surface area (Å²) in [6.45, 7) is 9.86. The van der Waals surface area contributed by atoms with Crippen LogP contribution in [0, 0.1) is 10.8 Å². The van der Waals surface area contributed by atoms with Crippen LogP contribution in [0.5, 0.6) is 0 Å². The number of hydrogen-bond acceptors (Lipinski definition) is 12. The molecular weight excluding hydrogens is 468 g/mol. The lowest BCUT2D eigenvalue weighted by Gasteiger charge is -2.34. The van der Waals surface area contributed by atoms with E-state index in [-0.39, 0.29) is 26.3 Å². The van der Waals surface area contributed by atoms with Crippen LogP contribution in [0.25, 0.3) is 0 Å². The van der Waals surface area contributed by atoms with Crippen molar-refractivity contribution in [2.45, 2.75) is 0 Å². The normalized spacial score (nSPS) is 12.1. The van der Waals surface area contributed by atoms with E-state index in [1.54, 1.807) is 0 Å². The first kappa shape index (κ1) is 31.2. The number of hydrogen-bond donors (Lipinski definition) is 1. The lowest BCUT2D eigenvalue weighted by molar-refractivity contribution is -0.166. The third-order valence-electron chi connectivity index (χ3n) is 4.36. The molecule has 0 aromatic rings. The van der Waals surface area contributed by atoms with Crippen LogP contribution in [0.15, 0.2) is 50.6 Å². The van der Waals surface area contributed by atoms with Gasteiger partial charge in [-0.25, -0.2) is 19.2 Å². The number of ether oxygens (including phenoxy) is 6. The largest absolute Gasteiger partial charge is 0.467 e. The average Bonchev–Trinajstić information content (AvgIpc) is 2.89. The van der Waals surface area contributed by atoms with E-state index in [0.29, 0.717) is 0 Å². The maximum absolute atomic E-state index is 11.7. The van der Waals surface area contributed by atoms with E-state index in [0.717, 1.165) is 24.3 Å². The fraction of sp³-hybridized carbons (Fsp3) is 0.435. The third-order valence-corrected chi connectivity index (χ3v) is 4.36. The molecule has 0 aliphatic heterocycles. The molecule has 0 heterocycles. The van der Waals surface area contributed by atoms with Crippen molar-refractivity contribution in [3.8, 4) is 0 Å². The molecule has 194 valence electrons. The highest BCUT2D eigenvalue weighted by molar-refractivity contribution is 5.82. The van der Waals surface area contributed by atoms with Crippen LogP contribution < -0.4 is 0 Å². The van der Waals surface area contributed by atoms with E-state index in [1.165, 1.54) is 0 Å². The van der Waals surface area contributed by atoms with E-state index < -0.39 is 67.7 Å². The fourth-order valence-corrected chi connectivity index (χ4v) is 2.34. The molecule has 0 saturated heterocycles. The van der Waals surface area contributed by atoms with Crippen molar-refractivity contribution in [3.05, 3.63) is 50.6 Å². The highest BCUT2D eigenvalue weighted by atomic mass is 16.6. The molecule has 0 bridgehead atoms. The van der Waals surface area contributed by atoms with Crippen LogP contribution in [0.1, 0.15) is 0 Å². The van der Waals surface area contributed by atoms with Crippen molar-refractivity contribution < 1.29 is 57.5 Å². The van der Waals surface area contributed by atoms with Crippen molar-refractivity contribution in [2.75, 3.05) is 52.9 Å². The summed E-state index contributed by atoms with van der Waals surface area (Å²) in [6.07, 6.45) is 3.61. The highest BCUT2D eigenvalue weighted by Crippen LogP contribution is 2.25. The number of carbonyl (C=O) groups excluding carboxylic acids is 5. The minimum absolute atomic E-state index is 0.141. The Balaban J connectivity index is 5.80. The molecule has 0 amide bonds. The molecule has 1 N–H and O–H groups in total. The number of rotatable bonds is 20. The second kappa shape index (κ2) is 16.8. The molecule has 0 aromatic carbocycles. The van der Waals surface area contributed by atoms with Crippen molar-refractivity contribution in [1.82, 2.24) is 0 Å². The Kier molecular flexibility index (Phi) is 15.0. The summed E-state index contributed by atoms with van der Waals surface area (Å²) in [5, 5.41) is 9.91. The van der Waals surface area contributed by atoms with E-state index in [4.69, 9.17) is 28.4 Å². The molecule has 0 rings (SSSR count). The van der Waals surface area contributed by atoms with Crippen LogP contribution in [-0.4, -0.2) is 88.3 Å². The number of esters is 4. The smallest absolute Gasteiger partial charge is 0.330 e. The zero-order chi connectivity index (χ0) is 26.7. The Morgan fingerprint density at radius 1 is 0.600 bits per heavy atom. The summed E-state index contributed by atoms with van der Waals surface area (Å²) < 4.78 is 30.7. The lowest BCUT2D eigenvalue weighted by atomic mass is 9.90. The summed E-state index contributed by atoms with van der Waals surface area (Å²) >= 11 is 0. The molecule has 0 saturated carbocycles.